The maximum absolute atomic E-state index is 13.4. The van der Waals surface area contributed by atoms with Crippen LogP contribution in [0.5, 0.6) is 17.2 Å². The van der Waals surface area contributed by atoms with E-state index in [2.05, 4.69) is 9.69 Å². The fourth-order valence-corrected chi connectivity index (χ4v) is 4.13. The second-order valence-corrected chi connectivity index (χ2v) is 8.26. The molecule has 0 fully saturated rings. The molecule has 0 unspecified atom stereocenters. The number of carbonyl (C=O) groups excluding carboxylic acids is 3. The lowest BCUT2D eigenvalue weighted by atomic mass is 10.2. The maximum Gasteiger partial charge on any atom is 0.272 e. The molecule has 3 amide bonds. The molecule has 2 aromatic carbocycles. The van der Waals surface area contributed by atoms with Gasteiger partial charge in [-0.25, -0.2) is 0 Å². The van der Waals surface area contributed by atoms with Crippen molar-refractivity contribution in [1.82, 2.24) is 9.69 Å². The van der Waals surface area contributed by atoms with Gasteiger partial charge in [-0.2, -0.15) is 4.37 Å². The number of amides is 3. The number of hydrogen-bond acceptors (Lipinski definition) is 9. The number of nitrogens with one attached hydrogen (secondary N) is 1. The molecule has 182 valence electrons. The van der Waals surface area contributed by atoms with E-state index in [1.54, 1.807) is 37.4 Å². The molecule has 1 aliphatic rings. The van der Waals surface area contributed by atoms with Gasteiger partial charge < -0.3 is 31.0 Å². The summed E-state index contributed by atoms with van der Waals surface area (Å²) in [4.78, 5) is 39.1. The first-order valence-electron chi connectivity index (χ1n) is 10.5. The lowest BCUT2D eigenvalue weighted by molar-refractivity contribution is -0.119. The smallest absolute Gasteiger partial charge is 0.272 e. The summed E-state index contributed by atoms with van der Waals surface area (Å²) in [5, 5.41) is 2.80. The monoisotopic (exact) mass is 497 g/mol. The van der Waals surface area contributed by atoms with Gasteiger partial charge in [-0.05, 0) is 41.4 Å². The van der Waals surface area contributed by atoms with Gasteiger partial charge in [0.1, 0.15) is 30.4 Å². The number of nitrogens with zero attached hydrogens (tertiary/aromatic N) is 2. The number of rotatable bonds is 8. The first-order chi connectivity index (χ1) is 16.9. The maximum atomic E-state index is 13.4. The average molecular weight is 498 g/mol. The van der Waals surface area contributed by atoms with Crippen LogP contribution < -0.4 is 35.9 Å². The number of hydrogen-bond donors (Lipinski definition) is 3. The molecule has 0 bridgehead atoms. The van der Waals surface area contributed by atoms with Crippen molar-refractivity contribution in [1.29, 1.82) is 0 Å². The topological polar surface area (TPSA) is 159 Å². The first kappa shape index (κ1) is 23.8. The fourth-order valence-electron chi connectivity index (χ4n) is 3.38. The van der Waals surface area contributed by atoms with Crippen molar-refractivity contribution in [3.8, 4) is 17.2 Å². The molecule has 1 aliphatic heterocycles. The van der Waals surface area contributed by atoms with Gasteiger partial charge in [0, 0.05) is 18.3 Å². The van der Waals surface area contributed by atoms with Crippen LogP contribution in [-0.4, -0.2) is 49.0 Å². The quantitative estimate of drug-likeness (QED) is 0.423. The molecule has 0 aliphatic carbocycles. The van der Waals surface area contributed by atoms with E-state index >= 15 is 0 Å². The van der Waals surface area contributed by atoms with E-state index in [-0.39, 0.29) is 29.3 Å². The SMILES string of the molecule is COc1ccc(CNC(=O)CN(C(=O)c2snc(C(N)=O)c2N)c2ccc3c(c2)OCCO3)cc1. The van der Waals surface area contributed by atoms with E-state index in [0.29, 0.717) is 36.1 Å². The molecule has 4 rings (SSSR count). The standard InChI is InChI=1S/C23H23N5O6S/c1-32-15-5-2-13(3-6-15)11-26-18(29)12-28(14-4-7-16-17(10-14)34-9-8-33-16)23(31)21-19(24)20(22(25)30)27-35-21/h2-7,10H,8-9,11-12,24H2,1H3,(H2,25,30)(H,26,29). The molecule has 1 aromatic heterocycles. The highest BCUT2D eigenvalue weighted by Gasteiger charge is 2.28. The third kappa shape index (κ3) is 5.27. The number of anilines is 2. The minimum absolute atomic E-state index is 0.00311. The number of aromatic nitrogens is 1. The van der Waals surface area contributed by atoms with Crippen molar-refractivity contribution in [2.45, 2.75) is 6.54 Å². The highest BCUT2D eigenvalue weighted by Crippen LogP contribution is 2.35. The Morgan fingerprint density at radius 2 is 1.83 bits per heavy atom. The number of nitrogen functional groups attached to an aromatic ring is 1. The summed E-state index contributed by atoms with van der Waals surface area (Å²) in [6, 6.07) is 12.1. The number of ether oxygens (including phenoxy) is 3. The van der Waals surface area contributed by atoms with E-state index in [1.165, 1.54) is 4.90 Å². The molecule has 3 aromatic rings. The number of primary amides is 1. The van der Waals surface area contributed by atoms with E-state index in [0.717, 1.165) is 17.1 Å². The van der Waals surface area contributed by atoms with Crippen LogP contribution in [0.4, 0.5) is 11.4 Å². The number of carbonyl (C=O) groups is 3. The lowest BCUT2D eigenvalue weighted by Crippen LogP contribution is -2.40. The molecule has 11 nitrogen and oxygen atoms in total. The summed E-state index contributed by atoms with van der Waals surface area (Å²) in [6.07, 6.45) is 0. The molecule has 5 N–H and O–H groups in total. The Balaban J connectivity index is 1.57. The van der Waals surface area contributed by atoms with Crippen LogP contribution in [0.2, 0.25) is 0 Å². The Labute approximate surface area is 204 Å². The van der Waals surface area contributed by atoms with Crippen LogP contribution in [0.15, 0.2) is 42.5 Å². The number of nitrogens with two attached hydrogens (primary N) is 2. The lowest BCUT2D eigenvalue weighted by Gasteiger charge is -2.25. The second kappa shape index (κ2) is 10.3. The van der Waals surface area contributed by atoms with Crippen LogP contribution in [0, 0.1) is 0 Å². The van der Waals surface area contributed by atoms with E-state index in [4.69, 9.17) is 25.7 Å². The summed E-state index contributed by atoms with van der Waals surface area (Å²) in [5.41, 5.74) is 12.2. The highest BCUT2D eigenvalue weighted by atomic mass is 32.1. The summed E-state index contributed by atoms with van der Waals surface area (Å²) < 4.78 is 20.2. The number of methoxy groups -OCH3 is 1. The van der Waals surface area contributed by atoms with E-state index < -0.39 is 17.7 Å². The molecule has 2 heterocycles. The molecule has 0 saturated heterocycles. The fraction of sp³-hybridized carbons (Fsp3) is 0.217. The van der Waals surface area contributed by atoms with Gasteiger partial charge >= 0.3 is 0 Å². The van der Waals surface area contributed by atoms with Crippen molar-refractivity contribution in [3.63, 3.8) is 0 Å². The third-order valence-corrected chi connectivity index (χ3v) is 6.04. The van der Waals surface area contributed by atoms with Crippen molar-refractivity contribution in [2.24, 2.45) is 5.73 Å². The Kier molecular flexibility index (Phi) is 7.01. The van der Waals surface area contributed by atoms with Crippen molar-refractivity contribution < 1.29 is 28.6 Å². The molecule has 0 atom stereocenters. The molecule has 12 heteroatoms. The van der Waals surface area contributed by atoms with E-state index in [9.17, 15) is 14.4 Å². The predicted octanol–water partition coefficient (Wildman–Crippen LogP) is 1.57. The number of benzene rings is 2. The largest absolute Gasteiger partial charge is 0.497 e. The Morgan fingerprint density at radius 3 is 2.49 bits per heavy atom. The van der Waals surface area contributed by atoms with Crippen LogP contribution >= 0.6 is 11.5 Å². The molecular formula is C23H23N5O6S. The van der Waals surface area contributed by atoms with Crippen molar-refractivity contribution in [3.05, 3.63) is 58.6 Å². The Bertz CT molecular complexity index is 1260. The van der Waals surface area contributed by atoms with Gasteiger partial charge in [-0.15, -0.1) is 0 Å². The zero-order valence-electron chi connectivity index (χ0n) is 18.8. The van der Waals surface area contributed by atoms with Gasteiger partial charge in [0.25, 0.3) is 11.8 Å². The first-order valence-corrected chi connectivity index (χ1v) is 11.3. The van der Waals surface area contributed by atoms with Crippen LogP contribution in [-0.2, 0) is 11.3 Å². The van der Waals surface area contributed by atoms with Gasteiger partial charge in [0.2, 0.25) is 5.91 Å². The molecule has 0 spiro atoms. The third-order valence-electron chi connectivity index (χ3n) is 5.19. The summed E-state index contributed by atoms with van der Waals surface area (Å²) >= 11 is 0.739. The van der Waals surface area contributed by atoms with E-state index in [1.807, 2.05) is 12.1 Å². The zero-order valence-corrected chi connectivity index (χ0v) is 19.6. The number of fused-ring (bicyclic) bond motifs is 1. The summed E-state index contributed by atoms with van der Waals surface area (Å²) in [6.45, 7) is 0.699. The highest BCUT2D eigenvalue weighted by molar-refractivity contribution is 7.09. The molecule has 0 radical (unpaired) electrons. The van der Waals surface area contributed by atoms with Crippen molar-refractivity contribution >= 4 is 40.6 Å². The van der Waals surface area contributed by atoms with Gasteiger partial charge in [-0.1, -0.05) is 12.1 Å². The van der Waals surface area contributed by atoms with Gasteiger partial charge in [0.05, 0.1) is 12.8 Å². The predicted molar refractivity (Wildman–Crippen MR) is 129 cm³/mol. The van der Waals surface area contributed by atoms with Gasteiger partial charge in [0.15, 0.2) is 17.2 Å². The average Bonchev–Trinajstić information content (AvgIpc) is 3.27. The van der Waals surface area contributed by atoms with Crippen LogP contribution in [0.25, 0.3) is 0 Å². The van der Waals surface area contributed by atoms with Gasteiger partial charge in [-0.3, -0.25) is 19.3 Å². The minimum Gasteiger partial charge on any atom is -0.497 e. The Morgan fingerprint density at radius 1 is 1.11 bits per heavy atom. The normalized spacial score (nSPS) is 12.0. The summed E-state index contributed by atoms with van der Waals surface area (Å²) in [7, 11) is 1.57. The molecule has 0 saturated carbocycles. The molecule has 35 heavy (non-hydrogen) atoms. The molecular weight excluding hydrogens is 474 g/mol. The summed E-state index contributed by atoms with van der Waals surface area (Å²) in [5.74, 6) is -0.190. The minimum atomic E-state index is -0.846. The second-order valence-electron chi connectivity index (χ2n) is 7.48. The van der Waals surface area contributed by atoms with Crippen molar-refractivity contribution in [2.75, 3.05) is 37.5 Å². The van der Waals surface area contributed by atoms with Crippen LogP contribution in [0.1, 0.15) is 25.7 Å². The van der Waals surface area contributed by atoms with Crippen LogP contribution in [0.3, 0.4) is 0 Å². The Hall–Kier alpha value is -4.32. The zero-order chi connectivity index (χ0) is 24.9.